The highest BCUT2D eigenvalue weighted by Gasteiger charge is 2.05. The van der Waals surface area contributed by atoms with Crippen molar-refractivity contribution in [2.75, 3.05) is 0 Å². The summed E-state index contributed by atoms with van der Waals surface area (Å²) in [6.07, 6.45) is 0.877. The van der Waals surface area contributed by atoms with Gasteiger partial charge >= 0.3 is 0 Å². The Kier molecular flexibility index (Phi) is 4.07. The second-order valence-corrected chi connectivity index (χ2v) is 5.31. The average Bonchev–Trinajstić information content (AvgIpc) is 2.54. The molecule has 0 spiro atoms. The number of pyridine rings is 1. The molecule has 1 aromatic heterocycles. The van der Waals surface area contributed by atoms with E-state index in [1.54, 1.807) is 0 Å². The van der Waals surface area contributed by atoms with Gasteiger partial charge in [0.2, 0.25) is 0 Å². The third-order valence-corrected chi connectivity index (χ3v) is 3.71. The van der Waals surface area contributed by atoms with Crippen LogP contribution < -0.4 is 4.74 Å². The Morgan fingerprint density at radius 3 is 2.62 bits per heavy atom. The molecule has 0 aliphatic carbocycles. The third-order valence-electron chi connectivity index (χ3n) is 3.39. The number of aryl methyl sites for hydroxylation is 1. The lowest BCUT2D eigenvalue weighted by Gasteiger charge is -2.09. The van der Waals surface area contributed by atoms with Crippen molar-refractivity contribution in [3.8, 4) is 5.75 Å². The van der Waals surface area contributed by atoms with Crippen LogP contribution in [0.15, 0.2) is 54.6 Å². The lowest BCUT2D eigenvalue weighted by molar-refractivity contribution is 0.306. The van der Waals surface area contributed by atoms with Crippen molar-refractivity contribution in [3.63, 3.8) is 0 Å². The third kappa shape index (κ3) is 3.17. The fraction of sp³-hybridized carbons (Fsp3) is 0.167. The Bertz CT molecular complexity index is 756. The number of nitrogens with zero attached hydrogens (tertiary/aromatic N) is 1. The molecule has 1 heterocycles. The van der Waals surface area contributed by atoms with E-state index in [1.165, 1.54) is 0 Å². The van der Waals surface area contributed by atoms with Crippen molar-refractivity contribution in [3.05, 3.63) is 70.9 Å². The maximum atomic E-state index is 6.33. The van der Waals surface area contributed by atoms with E-state index in [0.29, 0.717) is 6.61 Å². The number of hydrogen-bond donors (Lipinski definition) is 0. The lowest BCUT2D eigenvalue weighted by atomic mass is 10.1. The Morgan fingerprint density at radius 1 is 1.05 bits per heavy atom. The minimum Gasteiger partial charge on any atom is -0.489 e. The van der Waals surface area contributed by atoms with Gasteiger partial charge in [-0.1, -0.05) is 48.9 Å². The quantitative estimate of drug-likeness (QED) is 0.674. The normalized spacial score (nSPS) is 10.8. The van der Waals surface area contributed by atoms with Gasteiger partial charge in [0.25, 0.3) is 0 Å². The van der Waals surface area contributed by atoms with Gasteiger partial charge < -0.3 is 4.74 Å². The van der Waals surface area contributed by atoms with Gasteiger partial charge in [0.15, 0.2) is 0 Å². The summed E-state index contributed by atoms with van der Waals surface area (Å²) in [6.45, 7) is 2.62. The number of ether oxygens (including phenoxy) is 1. The zero-order chi connectivity index (χ0) is 14.7. The van der Waals surface area contributed by atoms with Crippen molar-refractivity contribution in [2.45, 2.75) is 20.0 Å². The SMILES string of the molecule is CCc1cc(Cl)c2cc(OCc3ccccc3)ccc2n1. The molecule has 0 aliphatic heterocycles. The molecule has 0 unspecified atom stereocenters. The summed E-state index contributed by atoms with van der Waals surface area (Å²) in [7, 11) is 0. The molecule has 0 saturated heterocycles. The molecule has 0 aliphatic rings. The Labute approximate surface area is 129 Å². The van der Waals surface area contributed by atoms with E-state index in [0.717, 1.165) is 39.4 Å². The first kappa shape index (κ1) is 13.9. The van der Waals surface area contributed by atoms with Crippen molar-refractivity contribution in [1.82, 2.24) is 4.98 Å². The highest BCUT2D eigenvalue weighted by atomic mass is 35.5. The van der Waals surface area contributed by atoms with Crippen LogP contribution in [0, 0.1) is 0 Å². The molecule has 0 bridgehead atoms. The van der Waals surface area contributed by atoms with Crippen LogP contribution in [0.3, 0.4) is 0 Å². The van der Waals surface area contributed by atoms with E-state index in [1.807, 2.05) is 54.6 Å². The van der Waals surface area contributed by atoms with Gasteiger partial charge in [0, 0.05) is 11.1 Å². The minimum absolute atomic E-state index is 0.546. The van der Waals surface area contributed by atoms with E-state index in [4.69, 9.17) is 16.3 Å². The van der Waals surface area contributed by atoms with E-state index < -0.39 is 0 Å². The predicted octanol–water partition coefficient (Wildman–Crippen LogP) is 5.03. The largest absolute Gasteiger partial charge is 0.489 e. The highest BCUT2D eigenvalue weighted by Crippen LogP contribution is 2.27. The maximum Gasteiger partial charge on any atom is 0.120 e. The molecule has 3 rings (SSSR count). The molecule has 21 heavy (non-hydrogen) atoms. The lowest BCUT2D eigenvalue weighted by Crippen LogP contribution is -1.95. The van der Waals surface area contributed by atoms with Crippen molar-refractivity contribution < 1.29 is 4.74 Å². The van der Waals surface area contributed by atoms with Gasteiger partial charge in [-0.3, -0.25) is 4.98 Å². The summed E-state index contributed by atoms with van der Waals surface area (Å²) in [6, 6.07) is 17.9. The Hall–Kier alpha value is -2.06. The standard InChI is InChI=1S/C18H16ClNO/c1-2-14-10-17(19)16-11-15(8-9-18(16)20-14)21-12-13-6-4-3-5-7-13/h3-11H,2,12H2,1H3. The summed E-state index contributed by atoms with van der Waals surface area (Å²) in [4.78, 5) is 4.57. The zero-order valence-electron chi connectivity index (χ0n) is 11.8. The van der Waals surface area contributed by atoms with Crippen LogP contribution in [-0.4, -0.2) is 4.98 Å². The highest BCUT2D eigenvalue weighted by molar-refractivity contribution is 6.35. The predicted molar refractivity (Wildman–Crippen MR) is 86.9 cm³/mol. The van der Waals surface area contributed by atoms with Gasteiger partial charge in [-0.05, 0) is 36.2 Å². The van der Waals surface area contributed by atoms with Crippen LogP contribution in [0.2, 0.25) is 5.02 Å². The smallest absolute Gasteiger partial charge is 0.120 e. The van der Waals surface area contributed by atoms with Crippen LogP contribution in [0.4, 0.5) is 0 Å². The molecule has 3 heteroatoms. The second-order valence-electron chi connectivity index (χ2n) is 4.90. The zero-order valence-corrected chi connectivity index (χ0v) is 12.6. The molecular formula is C18H16ClNO. The van der Waals surface area contributed by atoms with E-state index in [2.05, 4.69) is 11.9 Å². The Balaban J connectivity index is 1.85. The molecular weight excluding hydrogens is 282 g/mol. The summed E-state index contributed by atoms with van der Waals surface area (Å²) in [5.41, 5.74) is 3.06. The van der Waals surface area contributed by atoms with E-state index >= 15 is 0 Å². The topological polar surface area (TPSA) is 22.1 Å². The van der Waals surface area contributed by atoms with Gasteiger partial charge in [0.05, 0.1) is 10.5 Å². The van der Waals surface area contributed by atoms with Gasteiger partial charge in [-0.2, -0.15) is 0 Å². The van der Waals surface area contributed by atoms with Crippen molar-refractivity contribution in [1.29, 1.82) is 0 Å². The number of aromatic nitrogens is 1. The number of halogens is 1. The Morgan fingerprint density at radius 2 is 1.86 bits per heavy atom. The van der Waals surface area contributed by atoms with Crippen molar-refractivity contribution >= 4 is 22.5 Å². The van der Waals surface area contributed by atoms with E-state index in [9.17, 15) is 0 Å². The number of benzene rings is 2. The molecule has 0 saturated carbocycles. The van der Waals surface area contributed by atoms with E-state index in [-0.39, 0.29) is 0 Å². The first-order chi connectivity index (χ1) is 10.3. The first-order valence-electron chi connectivity index (χ1n) is 7.02. The molecule has 2 aromatic carbocycles. The maximum absolute atomic E-state index is 6.33. The molecule has 0 N–H and O–H groups in total. The molecule has 106 valence electrons. The molecule has 3 aromatic rings. The molecule has 2 nitrogen and oxygen atoms in total. The van der Waals surface area contributed by atoms with Crippen LogP contribution in [0.5, 0.6) is 5.75 Å². The second kappa shape index (κ2) is 6.15. The minimum atomic E-state index is 0.546. The van der Waals surface area contributed by atoms with Crippen LogP contribution in [0.1, 0.15) is 18.2 Å². The van der Waals surface area contributed by atoms with Crippen LogP contribution >= 0.6 is 11.6 Å². The van der Waals surface area contributed by atoms with Crippen LogP contribution in [-0.2, 0) is 13.0 Å². The number of hydrogen-bond acceptors (Lipinski definition) is 2. The fourth-order valence-corrected chi connectivity index (χ4v) is 2.50. The molecule has 0 radical (unpaired) electrons. The fourth-order valence-electron chi connectivity index (χ4n) is 2.23. The van der Waals surface area contributed by atoms with Gasteiger partial charge in [0.1, 0.15) is 12.4 Å². The summed E-state index contributed by atoms with van der Waals surface area (Å²) in [5.74, 6) is 0.805. The molecule has 0 atom stereocenters. The van der Waals surface area contributed by atoms with Gasteiger partial charge in [-0.15, -0.1) is 0 Å². The average molecular weight is 298 g/mol. The number of fused-ring (bicyclic) bond motifs is 1. The van der Waals surface area contributed by atoms with Gasteiger partial charge in [-0.25, -0.2) is 0 Å². The van der Waals surface area contributed by atoms with Crippen LogP contribution in [0.25, 0.3) is 10.9 Å². The summed E-state index contributed by atoms with van der Waals surface area (Å²) in [5, 5.41) is 1.65. The monoisotopic (exact) mass is 297 g/mol. The summed E-state index contributed by atoms with van der Waals surface area (Å²) < 4.78 is 5.83. The molecule has 0 fully saturated rings. The van der Waals surface area contributed by atoms with Crippen molar-refractivity contribution in [2.24, 2.45) is 0 Å². The number of rotatable bonds is 4. The summed E-state index contributed by atoms with van der Waals surface area (Å²) >= 11 is 6.33. The molecule has 0 amide bonds. The first-order valence-corrected chi connectivity index (χ1v) is 7.40.